The molecule has 0 fully saturated rings. The first kappa shape index (κ1) is 19.0. The number of hydrogen-bond donors (Lipinski definition) is 1. The Hall–Kier alpha value is -2.31. The molecule has 0 bridgehead atoms. The van der Waals surface area contributed by atoms with Gasteiger partial charge in [-0.2, -0.15) is 4.98 Å². The van der Waals surface area contributed by atoms with Gasteiger partial charge in [0, 0.05) is 27.6 Å². The van der Waals surface area contributed by atoms with Crippen molar-refractivity contribution in [3.8, 4) is 17.1 Å². The van der Waals surface area contributed by atoms with Crippen LogP contribution in [-0.4, -0.2) is 20.9 Å². The summed E-state index contributed by atoms with van der Waals surface area (Å²) in [6.07, 6.45) is 3.06. The number of rotatable bonds is 6. The van der Waals surface area contributed by atoms with Gasteiger partial charge in [0.2, 0.25) is 11.0 Å². The van der Waals surface area contributed by atoms with E-state index in [0.717, 1.165) is 29.0 Å². The third-order valence-electron chi connectivity index (χ3n) is 4.50. The number of anilines is 1. The minimum atomic E-state index is -0.467. The molecule has 0 spiro atoms. The number of unbranched alkanes of at least 4 members (excludes halogenated alkanes) is 2. The Labute approximate surface area is 173 Å². The molecular weight excluding hydrogens is 392 g/mol. The fourth-order valence-corrected chi connectivity index (χ4v) is 4.06. The van der Waals surface area contributed by atoms with Crippen molar-refractivity contribution in [2.45, 2.75) is 37.6 Å². The fraction of sp³-hybridized carbons (Fsp3) is 0.286. The molecule has 5 nitrogen and oxygen atoms in total. The summed E-state index contributed by atoms with van der Waals surface area (Å²) >= 11 is 8.03. The molecule has 1 N–H and O–H groups in total. The summed E-state index contributed by atoms with van der Waals surface area (Å²) in [5.74, 6) is 1.44. The van der Waals surface area contributed by atoms with Gasteiger partial charge < -0.3 is 10.1 Å². The maximum Gasteiger partial charge on any atom is 0.247 e. The highest BCUT2D eigenvalue weighted by Crippen LogP contribution is 2.40. The molecule has 3 aromatic rings. The highest BCUT2D eigenvalue weighted by atomic mass is 35.5. The Morgan fingerprint density at radius 3 is 2.75 bits per heavy atom. The summed E-state index contributed by atoms with van der Waals surface area (Å²) in [4.78, 5) is 4.66. The van der Waals surface area contributed by atoms with Gasteiger partial charge in [-0.1, -0.05) is 79.5 Å². The second-order valence-corrected chi connectivity index (χ2v) is 7.98. The molecule has 4 rings (SSSR count). The van der Waals surface area contributed by atoms with Gasteiger partial charge in [0.25, 0.3) is 0 Å². The van der Waals surface area contributed by atoms with E-state index in [2.05, 4.69) is 27.4 Å². The van der Waals surface area contributed by atoms with E-state index in [1.54, 1.807) is 11.8 Å². The number of benzene rings is 2. The van der Waals surface area contributed by atoms with Crippen molar-refractivity contribution in [1.29, 1.82) is 0 Å². The van der Waals surface area contributed by atoms with Gasteiger partial charge in [-0.25, -0.2) is 0 Å². The van der Waals surface area contributed by atoms with E-state index >= 15 is 0 Å². The lowest BCUT2D eigenvalue weighted by molar-refractivity contribution is 0.225. The Balaban J connectivity index is 1.70. The van der Waals surface area contributed by atoms with Crippen molar-refractivity contribution in [3.63, 3.8) is 0 Å². The Morgan fingerprint density at radius 2 is 1.89 bits per heavy atom. The number of ether oxygens (including phenoxy) is 1. The van der Waals surface area contributed by atoms with Crippen LogP contribution in [0.3, 0.4) is 0 Å². The lowest BCUT2D eigenvalue weighted by Gasteiger charge is -2.20. The molecule has 7 heteroatoms. The topological polar surface area (TPSA) is 59.9 Å². The van der Waals surface area contributed by atoms with Crippen LogP contribution >= 0.6 is 23.4 Å². The Bertz CT molecular complexity index is 969. The van der Waals surface area contributed by atoms with Crippen molar-refractivity contribution in [1.82, 2.24) is 15.2 Å². The summed E-state index contributed by atoms with van der Waals surface area (Å²) in [5.41, 5.74) is 3.30. The van der Waals surface area contributed by atoms with E-state index < -0.39 is 6.23 Å². The average Bonchev–Trinajstić information content (AvgIpc) is 2.88. The van der Waals surface area contributed by atoms with Gasteiger partial charge in [0.15, 0.2) is 11.9 Å². The lowest BCUT2D eigenvalue weighted by atomic mass is 10.1. The summed E-state index contributed by atoms with van der Waals surface area (Å²) in [7, 11) is 0. The van der Waals surface area contributed by atoms with Gasteiger partial charge in [-0.15, -0.1) is 10.2 Å². The minimum absolute atomic E-state index is 0.467. The maximum absolute atomic E-state index is 6.42. The molecule has 0 radical (unpaired) electrons. The minimum Gasteiger partial charge on any atom is -0.448 e. The molecule has 1 aliphatic heterocycles. The number of aromatic nitrogens is 3. The van der Waals surface area contributed by atoms with Crippen molar-refractivity contribution < 1.29 is 4.74 Å². The van der Waals surface area contributed by atoms with Crippen LogP contribution in [-0.2, 0) is 0 Å². The quantitative estimate of drug-likeness (QED) is 0.397. The van der Waals surface area contributed by atoms with Crippen molar-refractivity contribution in [2.75, 3.05) is 11.1 Å². The normalized spacial score (nSPS) is 15.0. The number of fused-ring (bicyclic) bond motifs is 3. The monoisotopic (exact) mass is 412 g/mol. The fourth-order valence-electron chi connectivity index (χ4n) is 3.05. The second kappa shape index (κ2) is 8.80. The zero-order chi connectivity index (χ0) is 19.3. The summed E-state index contributed by atoms with van der Waals surface area (Å²) in [5, 5.41) is 13.4. The number of thioether (sulfide) groups is 1. The van der Waals surface area contributed by atoms with E-state index in [0.29, 0.717) is 21.8 Å². The molecule has 2 aromatic carbocycles. The molecule has 0 amide bonds. The van der Waals surface area contributed by atoms with Gasteiger partial charge in [-0.05, 0) is 18.6 Å². The van der Waals surface area contributed by atoms with Gasteiger partial charge in [0.05, 0.1) is 0 Å². The van der Waals surface area contributed by atoms with E-state index in [1.807, 2.05) is 48.5 Å². The van der Waals surface area contributed by atoms with Crippen molar-refractivity contribution in [2.24, 2.45) is 0 Å². The van der Waals surface area contributed by atoms with Crippen molar-refractivity contribution in [3.05, 3.63) is 59.1 Å². The molecule has 0 saturated carbocycles. The standard InChI is InChI=1S/C21H21ClN4OS/c1-2-3-8-13-28-21-24-20-18(25-26-21)15-10-5-7-12-17(15)23-19(27-20)14-9-4-6-11-16(14)22/h4-7,9-12,19,23H,2-3,8,13H2,1H3/t19-/m1/s1. The molecule has 1 aromatic heterocycles. The van der Waals surface area contributed by atoms with E-state index in [4.69, 9.17) is 16.3 Å². The predicted molar refractivity (Wildman–Crippen MR) is 114 cm³/mol. The highest BCUT2D eigenvalue weighted by molar-refractivity contribution is 7.99. The predicted octanol–water partition coefficient (Wildman–Crippen LogP) is 5.98. The van der Waals surface area contributed by atoms with Gasteiger partial charge >= 0.3 is 0 Å². The SMILES string of the molecule is CCCCCSc1nnc2c(n1)O[C@H](c1ccccc1Cl)Nc1ccccc1-2. The molecule has 144 valence electrons. The third kappa shape index (κ3) is 4.08. The molecule has 0 saturated heterocycles. The van der Waals surface area contributed by atoms with Crippen LogP contribution in [0.15, 0.2) is 53.7 Å². The highest BCUT2D eigenvalue weighted by Gasteiger charge is 2.27. The average molecular weight is 413 g/mol. The molecule has 0 aliphatic carbocycles. The van der Waals surface area contributed by atoms with E-state index in [1.165, 1.54) is 12.8 Å². The van der Waals surface area contributed by atoms with Gasteiger partial charge in [0.1, 0.15) is 0 Å². The zero-order valence-electron chi connectivity index (χ0n) is 15.6. The molecule has 1 atom stereocenters. The van der Waals surface area contributed by atoms with Crippen LogP contribution in [0.4, 0.5) is 5.69 Å². The second-order valence-electron chi connectivity index (χ2n) is 6.51. The van der Waals surface area contributed by atoms with E-state index in [9.17, 15) is 0 Å². The largest absolute Gasteiger partial charge is 0.448 e. The smallest absolute Gasteiger partial charge is 0.247 e. The van der Waals surface area contributed by atoms with Crippen LogP contribution in [0.2, 0.25) is 5.02 Å². The number of nitrogens with zero attached hydrogens (tertiary/aromatic N) is 3. The number of para-hydroxylation sites is 1. The Morgan fingerprint density at radius 1 is 1.07 bits per heavy atom. The molecule has 28 heavy (non-hydrogen) atoms. The van der Waals surface area contributed by atoms with Crippen molar-refractivity contribution >= 4 is 29.1 Å². The van der Waals surface area contributed by atoms with E-state index in [-0.39, 0.29) is 0 Å². The number of halogens is 1. The van der Waals surface area contributed by atoms with Gasteiger partial charge in [-0.3, -0.25) is 0 Å². The molecule has 1 aliphatic rings. The molecule has 0 unspecified atom stereocenters. The first-order chi connectivity index (χ1) is 13.8. The summed E-state index contributed by atoms with van der Waals surface area (Å²) in [6.45, 7) is 2.19. The van der Waals surface area contributed by atoms with Crippen LogP contribution < -0.4 is 10.1 Å². The Kier molecular flexibility index (Phi) is 5.98. The molecular formula is C21H21ClN4OS. The number of nitrogens with one attached hydrogen (secondary N) is 1. The zero-order valence-corrected chi connectivity index (χ0v) is 17.1. The number of hydrogen-bond acceptors (Lipinski definition) is 6. The first-order valence-corrected chi connectivity index (χ1v) is 10.8. The maximum atomic E-state index is 6.42. The van der Waals surface area contributed by atoms with Crippen LogP contribution in [0.1, 0.15) is 38.0 Å². The van der Waals surface area contributed by atoms with Crippen LogP contribution in [0, 0.1) is 0 Å². The third-order valence-corrected chi connectivity index (χ3v) is 5.77. The first-order valence-electron chi connectivity index (χ1n) is 9.41. The summed E-state index contributed by atoms with van der Waals surface area (Å²) < 4.78 is 6.25. The lowest BCUT2D eigenvalue weighted by Crippen LogP contribution is -2.17. The van der Waals surface area contributed by atoms with Crippen LogP contribution in [0.25, 0.3) is 11.3 Å². The van der Waals surface area contributed by atoms with Crippen LogP contribution in [0.5, 0.6) is 5.88 Å². The molecule has 2 heterocycles. The summed E-state index contributed by atoms with van der Waals surface area (Å²) in [6, 6.07) is 15.6.